The molecule has 0 aliphatic heterocycles. The van der Waals surface area contributed by atoms with E-state index in [1.165, 1.54) is 30.5 Å². The molecule has 0 aliphatic rings. The van der Waals surface area contributed by atoms with Gasteiger partial charge < -0.3 is 84.3 Å². The lowest BCUT2D eigenvalue weighted by molar-refractivity contribution is -0.143. The number of phenols is 1. The van der Waals surface area contributed by atoms with Gasteiger partial charge in [-0.2, -0.15) is 0 Å². The fourth-order valence-corrected chi connectivity index (χ4v) is 8.21. The Kier molecular flexibility index (Phi) is 25.5. The molecule has 432 valence electrons. The summed E-state index contributed by atoms with van der Waals surface area (Å²) in [5.41, 5.74) is 13.6. The summed E-state index contributed by atoms with van der Waals surface area (Å²) in [6.07, 6.45) is -2.07. The van der Waals surface area contributed by atoms with Crippen molar-refractivity contribution in [3.8, 4) is 5.75 Å². The lowest BCUT2D eigenvalue weighted by Gasteiger charge is -2.27. The summed E-state index contributed by atoms with van der Waals surface area (Å²) in [6.45, 7) is -0.910. The number of carboxylic acid groups (broad SMARTS) is 4. The Balaban J connectivity index is 1.61. The zero-order valence-electron chi connectivity index (χ0n) is 43.4. The van der Waals surface area contributed by atoms with Crippen LogP contribution in [-0.2, 0) is 72.0 Å². The third kappa shape index (κ3) is 21.1. The molecule has 27 nitrogen and oxygen atoms in total. The van der Waals surface area contributed by atoms with Crippen LogP contribution in [0.15, 0.2) is 85.1 Å². The normalized spacial score (nSPS) is 14.0. The summed E-state index contributed by atoms with van der Waals surface area (Å²) in [5.74, 6) is -13.0. The first kappa shape index (κ1) is 63.6. The Morgan fingerprint density at radius 3 is 1.43 bits per heavy atom. The van der Waals surface area contributed by atoms with E-state index < -0.39 is 152 Å². The molecule has 4 rings (SSSR count). The first-order valence-corrected chi connectivity index (χ1v) is 25.5. The number of carboxylic acids is 4. The van der Waals surface area contributed by atoms with E-state index in [0.717, 1.165) is 0 Å². The number of para-hydroxylation sites is 1. The number of aliphatic hydroxyl groups is 1. The van der Waals surface area contributed by atoms with Gasteiger partial charge >= 0.3 is 23.9 Å². The Morgan fingerprint density at radius 2 is 0.887 bits per heavy atom. The number of H-pyrrole nitrogens is 1. The average Bonchev–Trinajstić information content (AvgIpc) is 3.89. The van der Waals surface area contributed by atoms with Gasteiger partial charge in [0.25, 0.3) is 0 Å². The summed E-state index contributed by atoms with van der Waals surface area (Å²) >= 11 is 0. The van der Waals surface area contributed by atoms with Crippen molar-refractivity contribution in [3.05, 3.63) is 102 Å². The minimum absolute atomic E-state index is 0.0927. The smallest absolute Gasteiger partial charge is 0.326 e. The van der Waals surface area contributed by atoms with Crippen molar-refractivity contribution < 1.29 is 83.4 Å². The van der Waals surface area contributed by atoms with Crippen LogP contribution >= 0.6 is 0 Å². The number of phenolic OH excluding ortho intramolecular Hbond substituents is 1. The average molecular weight is 1120 g/mol. The molecule has 4 aromatic rings. The predicted molar refractivity (Wildman–Crippen MR) is 284 cm³/mol. The van der Waals surface area contributed by atoms with Gasteiger partial charge in [0.1, 0.15) is 48.0 Å². The number of aromatic nitrogens is 1. The van der Waals surface area contributed by atoms with E-state index in [1.807, 2.05) is 0 Å². The fraction of sp³-hybridized carbons (Fsp3) is 0.415. The van der Waals surface area contributed by atoms with Crippen molar-refractivity contribution >= 4 is 76.1 Å². The van der Waals surface area contributed by atoms with Crippen LogP contribution in [0.3, 0.4) is 0 Å². The van der Waals surface area contributed by atoms with Crippen LogP contribution in [0.1, 0.15) is 74.5 Å². The molecular weight excluding hydrogens is 1050 g/mol. The maximum absolute atomic E-state index is 14.5. The van der Waals surface area contributed by atoms with Crippen molar-refractivity contribution in [1.29, 1.82) is 0 Å². The molecule has 0 fully saturated rings. The van der Waals surface area contributed by atoms with E-state index in [4.69, 9.17) is 16.6 Å². The maximum atomic E-state index is 14.5. The number of aromatic amines is 1. The number of aliphatic carboxylic acids is 4. The van der Waals surface area contributed by atoms with Crippen LogP contribution in [0.4, 0.5) is 0 Å². The van der Waals surface area contributed by atoms with E-state index >= 15 is 0 Å². The number of hydrogen-bond acceptors (Lipinski definition) is 15. The number of benzene rings is 3. The molecule has 8 atom stereocenters. The minimum Gasteiger partial charge on any atom is -0.508 e. The molecule has 0 saturated carbocycles. The number of hydrogen-bond donors (Lipinski definition) is 16. The van der Waals surface area contributed by atoms with Crippen LogP contribution in [0.2, 0.25) is 0 Å². The topological polar surface area (TPSA) is 461 Å². The van der Waals surface area contributed by atoms with Gasteiger partial charge in [-0.3, -0.25) is 47.9 Å². The second-order valence-electron chi connectivity index (χ2n) is 18.8. The summed E-state index contributed by atoms with van der Waals surface area (Å²) in [5, 5.41) is 76.0. The number of fused-ring (bicyclic) bond motifs is 1. The molecule has 1 heterocycles. The zero-order chi connectivity index (χ0) is 58.9. The molecule has 0 radical (unpaired) electrons. The molecule has 27 heteroatoms. The fourth-order valence-electron chi connectivity index (χ4n) is 8.21. The second kappa shape index (κ2) is 32.1. The van der Waals surface area contributed by atoms with Gasteiger partial charge in [0.2, 0.25) is 41.4 Å². The molecule has 18 N–H and O–H groups in total. The van der Waals surface area contributed by atoms with E-state index in [9.17, 15) is 78.3 Å². The number of amides is 7. The van der Waals surface area contributed by atoms with E-state index in [1.54, 1.807) is 54.6 Å². The number of aliphatic hydroxyl groups excluding tert-OH is 1. The highest BCUT2D eigenvalue weighted by atomic mass is 16.4. The number of unbranched alkanes of at least 4 members (excludes halogenated alkanes) is 1. The summed E-state index contributed by atoms with van der Waals surface area (Å²) in [6, 6.07) is 7.78. The van der Waals surface area contributed by atoms with Crippen molar-refractivity contribution in [2.24, 2.45) is 11.5 Å². The van der Waals surface area contributed by atoms with Crippen molar-refractivity contribution in [2.75, 3.05) is 13.2 Å². The Bertz CT molecular complexity index is 2790. The highest BCUT2D eigenvalue weighted by Crippen LogP contribution is 2.20. The monoisotopic (exact) mass is 1120 g/mol. The number of nitrogens with one attached hydrogen (secondary N) is 8. The van der Waals surface area contributed by atoms with Gasteiger partial charge in [-0.1, -0.05) is 60.7 Å². The van der Waals surface area contributed by atoms with Crippen molar-refractivity contribution in [3.63, 3.8) is 0 Å². The third-order valence-corrected chi connectivity index (χ3v) is 12.6. The van der Waals surface area contributed by atoms with E-state index in [2.05, 4.69) is 42.2 Å². The highest BCUT2D eigenvalue weighted by molar-refractivity contribution is 5.98. The quantitative estimate of drug-likeness (QED) is 0.0231. The van der Waals surface area contributed by atoms with Gasteiger partial charge in [0.15, 0.2) is 0 Å². The number of aromatic hydroxyl groups is 1. The standard InChI is InChI=1S/C53H68N10O17/c54-23-7-6-12-36(57-50(76)39(24-30-13-15-32(65)16-14-30)60-46(72)34(55)17-20-43(66)67)47(73)63-42(28-64)52(78)61-40(26-31-27-56-35-11-5-4-10-33(31)35)51(77)59-37(18-21-44(68)69)48(74)58-38(19-22-45(70)71)49(75)62-41(53(79)80)25-29-8-2-1-3-9-29/h1-5,8-11,13-16,27,34,36-42,56,64-65H,6-7,12,17-26,28,54-55H2,(H,57,76)(H,58,74)(H,59,77)(H,60,72)(H,61,78)(H,62,75)(H,63,73)(H,66,67)(H,68,69)(H,70,71)(H,79,80)/t34-,36-,37-,38-,39-,40-,41-,42-/m0/s1. The summed E-state index contributed by atoms with van der Waals surface area (Å²) in [7, 11) is 0. The Hall–Kier alpha value is -8.95. The molecule has 1 aromatic heterocycles. The molecule has 0 unspecified atom stereocenters. The Labute approximate surface area is 458 Å². The minimum atomic E-state index is -1.84. The second-order valence-corrected chi connectivity index (χ2v) is 18.8. The van der Waals surface area contributed by atoms with Gasteiger partial charge in [-0.05, 0) is 80.0 Å². The number of rotatable bonds is 35. The van der Waals surface area contributed by atoms with Crippen molar-refractivity contribution in [2.45, 2.75) is 125 Å². The van der Waals surface area contributed by atoms with Crippen LogP contribution in [-0.4, -0.2) is 162 Å². The lowest BCUT2D eigenvalue weighted by Crippen LogP contribution is -2.61. The van der Waals surface area contributed by atoms with Crippen LogP contribution in [0.5, 0.6) is 5.75 Å². The van der Waals surface area contributed by atoms with Gasteiger partial charge in [-0.25, -0.2) is 4.79 Å². The van der Waals surface area contributed by atoms with Crippen LogP contribution in [0.25, 0.3) is 10.9 Å². The number of carbonyl (C=O) groups excluding carboxylic acids is 7. The Morgan fingerprint density at radius 1 is 0.463 bits per heavy atom. The first-order chi connectivity index (χ1) is 38.1. The molecule has 0 bridgehead atoms. The molecule has 0 spiro atoms. The van der Waals surface area contributed by atoms with Crippen molar-refractivity contribution in [1.82, 2.24) is 42.2 Å². The third-order valence-electron chi connectivity index (χ3n) is 12.6. The summed E-state index contributed by atoms with van der Waals surface area (Å²) in [4.78, 5) is 148. The van der Waals surface area contributed by atoms with Gasteiger partial charge in [0.05, 0.1) is 12.6 Å². The van der Waals surface area contributed by atoms with E-state index in [0.29, 0.717) is 34.0 Å². The summed E-state index contributed by atoms with van der Waals surface area (Å²) < 4.78 is 0. The lowest BCUT2D eigenvalue weighted by atomic mass is 10.0. The predicted octanol–water partition coefficient (Wildman–Crippen LogP) is -1.58. The highest BCUT2D eigenvalue weighted by Gasteiger charge is 2.35. The van der Waals surface area contributed by atoms with Gasteiger partial charge in [0, 0.05) is 55.6 Å². The van der Waals surface area contributed by atoms with Gasteiger partial charge in [-0.15, -0.1) is 0 Å². The molecule has 7 amide bonds. The van der Waals surface area contributed by atoms with Crippen LogP contribution in [0, 0.1) is 0 Å². The molecule has 3 aromatic carbocycles. The number of nitrogens with two attached hydrogens (primary N) is 2. The van der Waals surface area contributed by atoms with E-state index in [-0.39, 0.29) is 50.8 Å². The molecular formula is C53H68N10O17. The molecule has 0 saturated heterocycles. The molecule has 0 aliphatic carbocycles. The SMILES string of the molecule is NCCCC[C@H](NC(=O)[C@H](Cc1ccc(O)cc1)NC(=O)[C@@H](N)CCC(=O)O)C(=O)N[C@@H](CO)C(=O)N[C@@H](Cc1c[nH]c2ccccc12)C(=O)N[C@@H](CCC(=O)O)C(=O)N[C@@H](CCC(=O)O)C(=O)N[C@@H](Cc1ccccc1)C(=O)O. The zero-order valence-corrected chi connectivity index (χ0v) is 43.4. The van der Waals surface area contributed by atoms with Crippen LogP contribution < -0.4 is 48.7 Å². The molecule has 80 heavy (non-hydrogen) atoms. The first-order valence-electron chi connectivity index (χ1n) is 25.5. The largest absolute Gasteiger partial charge is 0.508 e. The number of carbonyl (C=O) groups is 11. The maximum Gasteiger partial charge on any atom is 0.326 e.